The van der Waals surface area contributed by atoms with Crippen LogP contribution in [0.3, 0.4) is 0 Å². The van der Waals surface area contributed by atoms with Crippen LogP contribution in [0.4, 0.5) is 0 Å². The van der Waals surface area contributed by atoms with E-state index in [1.807, 2.05) is 6.92 Å². The Balaban J connectivity index is 2.02. The van der Waals surface area contributed by atoms with Gasteiger partial charge in [0.15, 0.2) is 5.78 Å². The molecular weight excluding hydrogens is 202 g/mol. The van der Waals surface area contributed by atoms with Crippen molar-refractivity contribution in [1.82, 2.24) is 4.90 Å². The predicted octanol–water partition coefficient (Wildman–Crippen LogP) is 1.77. The fourth-order valence-corrected chi connectivity index (χ4v) is 2.81. The Hall–Kier alpha value is -0.670. The van der Waals surface area contributed by atoms with Gasteiger partial charge in [-0.2, -0.15) is 0 Å². The fraction of sp³-hybridized carbons (Fsp3) is 0.769. The number of hydrogen-bond donors (Lipinski definition) is 0. The van der Waals surface area contributed by atoms with Crippen LogP contribution in [-0.2, 0) is 9.53 Å². The van der Waals surface area contributed by atoms with E-state index in [0.29, 0.717) is 11.6 Å². The normalized spacial score (nSPS) is 28.2. The van der Waals surface area contributed by atoms with Gasteiger partial charge in [-0.25, -0.2) is 0 Å². The number of carbonyl (C=O) groups is 1. The highest BCUT2D eigenvalue weighted by atomic mass is 16.5. The number of rotatable bonds is 3. The molecule has 0 aromatic heterocycles. The minimum Gasteiger partial charge on any atom is -0.381 e. The molecule has 2 aliphatic heterocycles. The second kappa shape index (κ2) is 5.11. The van der Waals surface area contributed by atoms with E-state index in [9.17, 15) is 4.79 Å². The zero-order chi connectivity index (χ0) is 11.5. The maximum absolute atomic E-state index is 12.0. The van der Waals surface area contributed by atoms with Crippen LogP contribution < -0.4 is 0 Å². The molecule has 0 unspecified atom stereocenters. The predicted molar refractivity (Wildman–Crippen MR) is 63.4 cm³/mol. The van der Waals surface area contributed by atoms with Gasteiger partial charge in [0.1, 0.15) is 0 Å². The van der Waals surface area contributed by atoms with Crippen molar-refractivity contribution in [2.45, 2.75) is 44.7 Å². The van der Waals surface area contributed by atoms with E-state index in [1.54, 1.807) is 0 Å². The summed E-state index contributed by atoms with van der Waals surface area (Å²) in [7, 11) is 0. The molecule has 2 aliphatic rings. The highest BCUT2D eigenvalue weighted by Gasteiger charge is 2.35. The molecule has 2 rings (SSSR count). The number of ether oxygens (including phenoxy) is 1. The van der Waals surface area contributed by atoms with E-state index in [4.69, 9.17) is 4.74 Å². The third-order valence-electron chi connectivity index (χ3n) is 3.68. The topological polar surface area (TPSA) is 29.5 Å². The zero-order valence-electron chi connectivity index (χ0n) is 10.1. The zero-order valence-corrected chi connectivity index (χ0v) is 10.1. The van der Waals surface area contributed by atoms with Crippen molar-refractivity contribution >= 4 is 5.78 Å². The van der Waals surface area contributed by atoms with Crippen molar-refractivity contribution in [2.24, 2.45) is 0 Å². The van der Waals surface area contributed by atoms with Gasteiger partial charge in [0.05, 0.1) is 6.04 Å². The lowest BCUT2D eigenvalue weighted by molar-refractivity contribution is -0.121. The maximum Gasteiger partial charge on any atom is 0.175 e. The molecule has 2 fully saturated rings. The average Bonchev–Trinajstić information content (AvgIpc) is 2.77. The molecule has 3 nitrogen and oxygen atoms in total. The van der Waals surface area contributed by atoms with Gasteiger partial charge in [0.2, 0.25) is 0 Å². The van der Waals surface area contributed by atoms with Crippen LogP contribution in [0, 0.1) is 0 Å². The first kappa shape index (κ1) is 11.8. The number of carbonyl (C=O) groups excluding carboxylic acids is 1. The molecule has 0 N–H and O–H groups in total. The van der Waals surface area contributed by atoms with E-state index < -0.39 is 0 Å². The Morgan fingerprint density at radius 2 is 2.00 bits per heavy atom. The third-order valence-corrected chi connectivity index (χ3v) is 3.68. The largest absolute Gasteiger partial charge is 0.381 e. The first-order valence-electron chi connectivity index (χ1n) is 6.23. The van der Waals surface area contributed by atoms with Crippen LogP contribution in [0.2, 0.25) is 0 Å². The van der Waals surface area contributed by atoms with Crippen LogP contribution in [0.1, 0.15) is 32.6 Å². The number of nitrogens with zero attached hydrogens (tertiary/aromatic N) is 1. The summed E-state index contributed by atoms with van der Waals surface area (Å²) in [6.07, 6.45) is 4.28. The molecule has 0 aromatic rings. The number of hydrogen-bond acceptors (Lipinski definition) is 3. The average molecular weight is 223 g/mol. The number of Topliss-reactive ketones (excluding diaryl/α,β-unsaturated/α-hetero) is 1. The molecule has 2 heterocycles. The molecule has 0 aromatic carbocycles. The lowest BCUT2D eigenvalue weighted by atomic mass is 10.0. The van der Waals surface area contributed by atoms with Crippen LogP contribution >= 0.6 is 0 Å². The van der Waals surface area contributed by atoms with E-state index >= 15 is 0 Å². The van der Waals surface area contributed by atoms with Crippen molar-refractivity contribution in [3.8, 4) is 0 Å². The summed E-state index contributed by atoms with van der Waals surface area (Å²) in [6.45, 7) is 8.35. The van der Waals surface area contributed by atoms with Crippen LogP contribution in [0.25, 0.3) is 0 Å². The van der Waals surface area contributed by atoms with E-state index in [-0.39, 0.29) is 11.8 Å². The standard InChI is InChI=1S/C13H21NO2/c1-10(2)13(15)12-4-3-7-14(12)11-5-8-16-9-6-11/h11-12H,1,3-9H2,2H3/t12-/m0/s1. The highest BCUT2D eigenvalue weighted by Crippen LogP contribution is 2.26. The molecule has 0 radical (unpaired) electrons. The molecule has 16 heavy (non-hydrogen) atoms. The Morgan fingerprint density at radius 1 is 1.31 bits per heavy atom. The molecule has 90 valence electrons. The minimum atomic E-state index is 0.0978. The lowest BCUT2D eigenvalue weighted by Gasteiger charge is -2.34. The summed E-state index contributed by atoms with van der Waals surface area (Å²) < 4.78 is 5.37. The minimum absolute atomic E-state index is 0.0978. The quantitative estimate of drug-likeness (QED) is 0.683. The van der Waals surface area contributed by atoms with Gasteiger partial charge in [0, 0.05) is 19.3 Å². The Bertz CT molecular complexity index is 282. The molecule has 2 saturated heterocycles. The van der Waals surface area contributed by atoms with Gasteiger partial charge in [-0.3, -0.25) is 9.69 Å². The summed E-state index contributed by atoms with van der Waals surface area (Å²) in [5.74, 6) is 0.240. The van der Waals surface area contributed by atoms with Gasteiger partial charge < -0.3 is 4.74 Å². The molecule has 0 spiro atoms. The lowest BCUT2D eigenvalue weighted by Crippen LogP contribution is -2.45. The number of ketones is 1. The monoisotopic (exact) mass is 223 g/mol. The van der Waals surface area contributed by atoms with Crippen LogP contribution in [-0.4, -0.2) is 42.5 Å². The second-order valence-corrected chi connectivity index (χ2v) is 4.88. The summed E-state index contributed by atoms with van der Waals surface area (Å²) in [4.78, 5) is 14.4. The fourth-order valence-electron chi connectivity index (χ4n) is 2.81. The molecule has 0 aliphatic carbocycles. The number of likely N-dealkylation sites (tertiary alicyclic amines) is 1. The van der Waals surface area contributed by atoms with Crippen LogP contribution in [0.5, 0.6) is 0 Å². The smallest absolute Gasteiger partial charge is 0.175 e. The molecule has 0 saturated carbocycles. The SMILES string of the molecule is C=C(C)C(=O)[C@@H]1CCCN1C1CCOCC1. The molecule has 3 heteroatoms. The van der Waals surface area contributed by atoms with Crippen LogP contribution in [0.15, 0.2) is 12.2 Å². The summed E-state index contributed by atoms with van der Waals surface area (Å²) in [5.41, 5.74) is 0.698. The van der Waals surface area contributed by atoms with E-state index in [0.717, 1.165) is 45.4 Å². The molecule has 0 amide bonds. The van der Waals surface area contributed by atoms with Crippen molar-refractivity contribution in [2.75, 3.05) is 19.8 Å². The van der Waals surface area contributed by atoms with Gasteiger partial charge in [0.25, 0.3) is 0 Å². The van der Waals surface area contributed by atoms with Crippen molar-refractivity contribution in [3.63, 3.8) is 0 Å². The van der Waals surface area contributed by atoms with E-state index in [1.165, 1.54) is 0 Å². The van der Waals surface area contributed by atoms with Crippen molar-refractivity contribution in [1.29, 1.82) is 0 Å². The first-order valence-corrected chi connectivity index (χ1v) is 6.23. The molecular formula is C13H21NO2. The summed E-state index contributed by atoms with van der Waals surface area (Å²) in [5, 5.41) is 0. The van der Waals surface area contributed by atoms with Gasteiger partial charge in [-0.1, -0.05) is 6.58 Å². The highest BCUT2D eigenvalue weighted by molar-refractivity contribution is 5.98. The molecule has 1 atom stereocenters. The van der Waals surface area contributed by atoms with Gasteiger partial charge in [-0.15, -0.1) is 0 Å². The van der Waals surface area contributed by atoms with Gasteiger partial charge >= 0.3 is 0 Å². The Kier molecular flexibility index (Phi) is 3.77. The Labute approximate surface area is 97.5 Å². The van der Waals surface area contributed by atoms with Crippen molar-refractivity contribution in [3.05, 3.63) is 12.2 Å². The van der Waals surface area contributed by atoms with E-state index in [2.05, 4.69) is 11.5 Å². The maximum atomic E-state index is 12.0. The van der Waals surface area contributed by atoms with Gasteiger partial charge in [-0.05, 0) is 44.7 Å². The Morgan fingerprint density at radius 3 is 2.62 bits per heavy atom. The summed E-state index contributed by atoms with van der Waals surface area (Å²) >= 11 is 0. The first-order chi connectivity index (χ1) is 7.70. The van der Waals surface area contributed by atoms with Crippen molar-refractivity contribution < 1.29 is 9.53 Å². The third kappa shape index (κ3) is 2.36. The second-order valence-electron chi connectivity index (χ2n) is 4.88. The summed E-state index contributed by atoms with van der Waals surface area (Å²) in [6, 6.07) is 0.644. The molecule has 0 bridgehead atoms.